The summed E-state index contributed by atoms with van der Waals surface area (Å²) in [4.78, 5) is 37.9. The molecule has 2 atom stereocenters. The summed E-state index contributed by atoms with van der Waals surface area (Å²) in [6, 6.07) is 14.0. The smallest absolute Gasteiger partial charge is 0.327 e. The van der Waals surface area contributed by atoms with E-state index < -0.39 is 38.8 Å². The maximum atomic E-state index is 13.7. The fourth-order valence-electron chi connectivity index (χ4n) is 5.63. The number of hydrogen-bond acceptors (Lipinski definition) is 8. The molecule has 3 aromatic carbocycles. The summed E-state index contributed by atoms with van der Waals surface area (Å²) in [5.41, 5.74) is 2.39. The van der Waals surface area contributed by atoms with Crippen LogP contribution in [0.4, 0.5) is 17.1 Å². The molecule has 2 aliphatic heterocycles. The Hall–Kier alpha value is -4.45. The van der Waals surface area contributed by atoms with Crippen molar-refractivity contribution in [1.82, 2.24) is 0 Å². The van der Waals surface area contributed by atoms with Crippen molar-refractivity contribution in [3.8, 4) is 5.75 Å². The molecule has 0 amide bonds. The van der Waals surface area contributed by atoms with Gasteiger partial charge in [0.25, 0.3) is 15.7 Å². The van der Waals surface area contributed by atoms with E-state index in [2.05, 4.69) is 4.90 Å². The highest BCUT2D eigenvalue weighted by molar-refractivity contribution is 7.93. The van der Waals surface area contributed by atoms with Gasteiger partial charge in [0.15, 0.2) is 0 Å². The lowest BCUT2D eigenvalue weighted by Gasteiger charge is -2.24. The van der Waals surface area contributed by atoms with Crippen molar-refractivity contribution in [3.63, 3.8) is 0 Å². The zero-order valence-corrected chi connectivity index (χ0v) is 24.0. The van der Waals surface area contributed by atoms with Gasteiger partial charge in [-0.2, -0.15) is 0 Å². The first-order valence-electron chi connectivity index (χ1n) is 13.7. The normalized spacial score (nSPS) is 17.1. The number of rotatable bonds is 9. The molecule has 1 N–H and O–H groups in total. The van der Waals surface area contributed by atoms with E-state index in [4.69, 9.17) is 4.74 Å². The van der Waals surface area contributed by atoms with Crippen LogP contribution in [0.5, 0.6) is 5.75 Å². The van der Waals surface area contributed by atoms with E-state index >= 15 is 0 Å². The zero-order chi connectivity index (χ0) is 30.2. The Labute approximate surface area is 243 Å². The monoisotopic (exact) mass is 593 g/mol. The van der Waals surface area contributed by atoms with Gasteiger partial charge in [-0.15, -0.1) is 0 Å². The molecule has 0 saturated carbocycles. The predicted molar refractivity (Wildman–Crippen MR) is 156 cm³/mol. The van der Waals surface area contributed by atoms with Crippen LogP contribution in [0.2, 0.25) is 0 Å². The molecule has 11 nitrogen and oxygen atoms in total. The molecular formula is C30H31N3O8S. The first kappa shape index (κ1) is 29.1. The number of benzene rings is 3. The van der Waals surface area contributed by atoms with Gasteiger partial charge in [0.1, 0.15) is 11.8 Å². The summed E-state index contributed by atoms with van der Waals surface area (Å²) in [5, 5.41) is 21.0. The quantitative estimate of drug-likeness (QED) is 0.160. The Bertz CT molecular complexity index is 1650. The number of carbonyl (C=O) groups excluding carboxylic acids is 1. The lowest BCUT2D eigenvalue weighted by atomic mass is 9.96. The fraction of sp³-hybridized carbons (Fsp3) is 0.333. The SMILES string of the molecule is CCC(C(=O)Oc1ccc(S(=O)(=O)N2c3ccc([N+](=O)[O-])cc3CC2C(=O)O)cc1C)c1ccc(N2CCCC2)cc1. The minimum Gasteiger partial charge on any atom is -0.480 e. The summed E-state index contributed by atoms with van der Waals surface area (Å²) in [6.07, 6.45) is 2.64. The van der Waals surface area contributed by atoms with Gasteiger partial charge in [-0.25, -0.2) is 13.2 Å². The standard InChI is InChI=1S/C30H31N3O8S/c1-3-25(20-6-8-22(9-7-20)31-14-4-5-15-31)30(36)41-28-13-11-24(16-19(28)2)42(39,40)32-26-12-10-23(33(37)38)17-21(26)18-27(32)29(34)35/h6-13,16-17,25,27H,3-5,14-15,18H2,1-2H3,(H,34,35). The number of aryl methyl sites for hydroxylation is 1. The highest BCUT2D eigenvalue weighted by Gasteiger charge is 2.43. The van der Waals surface area contributed by atoms with Gasteiger partial charge in [-0.3, -0.25) is 19.2 Å². The lowest BCUT2D eigenvalue weighted by molar-refractivity contribution is -0.384. The molecule has 2 aliphatic rings. The van der Waals surface area contributed by atoms with E-state index in [1.165, 1.54) is 43.2 Å². The average Bonchev–Trinajstić information content (AvgIpc) is 3.63. The van der Waals surface area contributed by atoms with Crippen LogP contribution < -0.4 is 13.9 Å². The molecule has 5 rings (SSSR count). The highest BCUT2D eigenvalue weighted by Crippen LogP contribution is 2.39. The van der Waals surface area contributed by atoms with Crippen molar-refractivity contribution in [2.45, 2.75) is 56.4 Å². The molecule has 0 bridgehead atoms. The van der Waals surface area contributed by atoms with E-state index in [-0.39, 0.29) is 34.0 Å². The predicted octanol–water partition coefficient (Wildman–Crippen LogP) is 4.81. The van der Waals surface area contributed by atoms with Crippen LogP contribution >= 0.6 is 0 Å². The number of ether oxygens (including phenoxy) is 1. The van der Waals surface area contributed by atoms with Crippen molar-refractivity contribution in [3.05, 3.63) is 87.5 Å². The molecule has 1 fully saturated rings. The average molecular weight is 594 g/mol. The fourth-order valence-corrected chi connectivity index (χ4v) is 7.36. The molecule has 220 valence electrons. The van der Waals surface area contributed by atoms with Gasteiger partial charge in [-0.05, 0) is 79.3 Å². The van der Waals surface area contributed by atoms with Gasteiger partial charge < -0.3 is 14.7 Å². The van der Waals surface area contributed by atoms with Crippen molar-refractivity contribution in [2.24, 2.45) is 0 Å². The van der Waals surface area contributed by atoms with E-state index in [0.717, 1.165) is 34.7 Å². The number of carboxylic acid groups (broad SMARTS) is 1. The molecule has 3 aromatic rings. The number of aliphatic carboxylic acids is 1. The van der Waals surface area contributed by atoms with Gasteiger partial charge in [0.2, 0.25) is 0 Å². The molecule has 0 radical (unpaired) electrons. The summed E-state index contributed by atoms with van der Waals surface area (Å²) in [5.74, 6) is -2.16. The Morgan fingerprint density at radius 3 is 2.36 bits per heavy atom. The van der Waals surface area contributed by atoms with Crippen LogP contribution in [-0.4, -0.2) is 49.5 Å². The number of anilines is 2. The molecule has 42 heavy (non-hydrogen) atoms. The Morgan fingerprint density at radius 1 is 1.07 bits per heavy atom. The van der Waals surface area contributed by atoms with E-state index in [0.29, 0.717) is 12.0 Å². The number of nitro benzene ring substituents is 1. The zero-order valence-electron chi connectivity index (χ0n) is 23.2. The van der Waals surface area contributed by atoms with Crippen LogP contribution in [0.25, 0.3) is 0 Å². The third-order valence-electron chi connectivity index (χ3n) is 7.87. The number of non-ortho nitro benzene ring substituents is 1. The van der Waals surface area contributed by atoms with E-state index in [9.17, 15) is 33.2 Å². The first-order chi connectivity index (χ1) is 20.0. The Balaban J connectivity index is 1.37. The first-order valence-corrected chi connectivity index (χ1v) is 15.2. The summed E-state index contributed by atoms with van der Waals surface area (Å²) < 4.78 is 33.9. The molecule has 0 aliphatic carbocycles. The lowest BCUT2D eigenvalue weighted by Crippen LogP contribution is -2.42. The largest absolute Gasteiger partial charge is 0.480 e. The number of carbonyl (C=O) groups is 2. The molecule has 12 heteroatoms. The molecule has 0 spiro atoms. The molecular weight excluding hydrogens is 562 g/mol. The van der Waals surface area contributed by atoms with Gasteiger partial charge >= 0.3 is 11.9 Å². The van der Waals surface area contributed by atoms with E-state index in [1.54, 1.807) is 6.92 Å². The van der Waals surface area contributed by atoms with E-state index in [1.807, 2.05) is 31.2 Å². The second-order valence-electron chi connectivity index (χ2n) is 10.5. The second-order valence-corrected chi connectivity index (χ2v) is 12.3. The topological polar surface area (TPSA) is 147 Å². The second kappa shape index (κ2) is 11.4. The van der Waals surface area contributed by atoms with Crippen LogP contribution in [0, 0.1) is 17.0 Å². The molecule has 0 aromatic heterocycles. The third kappa shape index (κ3) is 5.41. The third-order valence-corrected chi connectivity index (χ3v) is 9.68. The molecule has 2 unspecified atom stereocenters. The van der Waals surface area contributed by atoms with Gasteiger partial charge in [0, 0.05) is 37.3 Å². The summed E-state index contributed by atoms with van der Waals surface area (Å²) in [6.45, 7) is 5.54. The number of esters is 1. The van der Waals surface area contributed by atoms with Crippen LogP contribution in [0.15, 0.2) is 65.6 Å². The Morgan fingerprint density at radius 2 is 1.76 bits per heavy atom. The van der Waals surface area contributed by atoms with Crippen LogP contribution in [0.3, 0.4) is 0 Å². The molecule has 1 saturated heterocycles. The van der Waals surface area contributed by atoms with Crippen molar-refractivity contribution in [2.75, 3.05) is 22.3 Å². The van der Waals surface area contributed by atoms with Crippen molar-refractivity contribution < 1.29 is 32.8 Å². The van der Waals surface area contributed by atoms with Crippen molar-refractivity contribution in [1.29, 1.82) is 0 Å². The van der Waals surface area contributed by atoms with Crippen LogP contribution in [0.1, 0.15) is 48.8 Å². The minimum atomic E-state index is -4.38. The number of nitrogens with zero attached hydrogens (tertiary/aromatic N) is 3. The van der Waals surface area contributed by atoms with Crippen LogP contribution in [-0.2, 0) is 26.0 Å². The maximum Gasteiger partial charge on any atom is 0.327 e. The number of fused-ring (bicyclic) bond motifs is 1. The Kier molecular flexibility index (Phi) is 7.91. The van der Waals surface area contributed by atoms with Gasteiger partial charge in [-0.1, -0.05) is 19.1 Å². The minimum absolute atomic E-state index is 0.0719. The number of hydrogen-bond donors (Lipinski definition) is 1. The van der Waals surface area contributed by atoms with Crippen molar-refractivity contribution >= 4 is 39.0 Å². The number of sulfonamides is 1. The maximum absolute atomic E-state index is 13.7. The molecule has 2 heterocycles. The number of carboxylic acids is 1. The number of nitro groups is 1. The van der Waals surface area contributed by atoms with Gasteiger partial charge in [0.05, 0.1) is 21.4 Å². The highest BCUT2D eigenvalue weighted by atomic mass is 32.2. The summed E-state index contributed by atoms with van der Waals surface area (Å²) in [7, 11) is -4.38. The summed E-state index contributed by atoms with van der Waals surface area (Å²) >= 11 is 0.